The quantitative estimate of drug-likeness (QED) is 0.844. The van der Waals surface area contributed by atoms with Gasteiger partial charge in [-0.1, -0.05) is 12.1 Å². The van der Waals surface area contributed by atoms with Gasteiger partial charge in [-0.25, -0.2) is 9.37 Å². The van der Waals surface area contributed by atoms with Crippen molar-refractivity contribution in [1.82, 2.24) is 4.98 Å². The molecule has 0 bridgehead atoms. The molecule has 1 aromatic heterocycles. The predicted molar refractivity (Wildman–Crippen MR) is 57.8 cm³/mol. The Labute approximate surface area is 92.1 Å². The number of nitrogens with zero attached hydrogens (tertiary/aromatic N) is 1. The lowest BCUT2D eigenvalue weighted by Crippen LogP contribution is -1.92. The molecule has 0 unspecified atom stereocenters. The minimum atomic E-state index is -0.525. The molecule has 0 aliphatic heterocycles. The number of pyridine rings is 1. The van der Waals surface area contributed by atoms with E-state index in [1.807, 2.05) is 0 Å². The van der Waals surface area contributed by atoms with E-state index in [-0.39, 0.29) is 11.6 Å². The smallest absolute Gasteiger partial charge is 0.250 e. The van der Waals surface area contributed by atoms with E-state index in [9.17, 15) is 9.50 Å². The zero-order chi connectivity index (χ0) is 11.5. The van der Waals surface area contributed by atoms with Crippen molar-refractivity contribution < 1.29 is 14.2 Å². The van der Waals surface area contributed by atoms with Crippen LogP contribution in [0.1, 0.15) is 0 Å². The van der Waals surface area contributed by atoms with Gasteiger partial charge in [-0.3, -0.25) is 0 Å². The molecule has 0 fully saturated rings. The molecule has 0 aliphatic rings. The van der Waals surface area contributed by atoms with Crippen LogP contribution in [-0.4, -0.2) is 17.2 Å². The van der Waals surface area contributed by atoms with Crippen molar-refractivity contribution in [2.45, 2.75) is 0 Å². The van der Waals surface area contributed by atoms with Crippen LogP contribution in [-0.2, 0) is 0 Å². The van der Waals surface area contributed by atoms with Crippen LogP contribution < -0.4 is 4.74 Å². The van der Waals surface area contributed by atoms with Gasteiger partial charge in [0.25, 0.3) is 0 Å². The van der Waals surface area contributed by atoms with Crippen LogP contribution in [0.4, 0.5) is 4.39 Å². The van der Waals surface area contributed by atoms with E-state index in [0.717, 1.165) is 0 Å². The number of phenols is 1. The molecule has 16 heavy (non-hydrogen) atoms. The second-order valence-corrected chi connectivity index (χ2v) is 3.27. The third-order valence-corrected chi connectivity index (χ3v) is 2.18. The molecule has 0 amide bonds. The Balaban J connectivity index is 2.45. The maximum absolute atomic E-state index is 13.4. The van der Waals surface area contributed by atoms with Crippen molar-refractivity contribution in [2.75, 3.05) is 7.11 Å². The number of rotatable bonds is 2. The highest BCUT2D eigenvalue weighted by Gasteiger charge is 2.06. The summed E-state index contributed by atoms with van der Waals surface area (Å²) in [6, 6.07) is 7.87. The molecule has 4 heteroatoms. The van der Waals surface area contributed by atoms with Gasteiger partial charge in [0.05, 0.1) is 7.11 Å². The number of aromatic hydroxyl groups is 1. The molecular formula is C12H10FNO2. The molecule has 1 aromatic carbocycles. The SMILES string of the molecule is COc1ncc(-c2cccc(O)c2)cc1F. The molecule has 0 aliphatic carbocycles. The minimum Gasteiger partial charge on any atom is -0.508 e. The monoisotopic (exact) mass is 219 g/mol. The van der Waals surface area contributed by atoms with Gasteiger partial charge in [0.1, 0.15) is 5.75 Å². The number of benzene rings is 1. The van der Waals surface area contributed by atoms with Gasteiger partial charge in [-0.2, -0.15) is 0 Å². The van der Waals surface area contributed by atoms with Crippen LogP contribution in [0.3, 0.4) is 0 Å². The Hall–Kier alpha value is -2.10. The average molecular weight is 219 g/mol. The second kappa shape index (κ2) is 4.18. The van der Waals surface area contributed by atoms with Crippen molar-refractivity contribution in [2.24, 2.45) is 0 Å². The molecule has 2 rings (SSSR count). The lowest BCUT2D eigenvalue weighted by molar-refractivity contribution is 0.369. The van der Waals surface area contributed by atoms with Gasteiger partial charge in [0, 0.05) is 11.8 Å². The van der Waals surface area contributed by atoms with Gasteiger partial charge in [0.15, 0.2) is 5.82 Å². The standard InChI is InChI=1S/C12H10FNO2/c1-16-12-11(13)6-9(7-14-12)8-3-2-4-10(15)5-8/h2-7,15H,1H3. The van der Waals surface area contributed by atoms with E-state index in [1.165, 1.54) is 19.4 Å². The molecule has 0 saturated heterocycles. The summed E-state index contributed by atoms with van der Waals surface area (Å²) in [7, 11) is 1.36. The third kappa shape index (κ3) is 1.95. The number of hydrogen-bond acceptors (Lipinski definition) is 3. The van der Waals surface area contributed by atoms with E-state index in [1.54, 1.807) is 24.3 Å². The summed E-state index contributed by atoms with van der Waals surface area (Å²) in [6.07, 6.45) is 1.50. The first kappa shape index (κ1) is 10.4. The van der Waals surface area contributed by atoms with Crippen molar-refractivity contribution >= 4 is 0 Å². The van der Waals surface area contributed by atoms with Gasteiger partial charge >= 0.3 is 0 Å². The Morgan fingerprint density at radius 1 is 1.25 bits per heavy atom. The zero-order valence-electron chi connectivity index (χ0n) is 8.64. The van der Waals surface area contributed by atoms with Gasteiger partial charge < -0.3 is 9.84 Å². The highest BCUT2D eigenvalue weighted by atomic mass is 19.1. The Morgan fingerprint density at radius 3 is 2.69 bits per heavy atom. The van der Waals surface area contributed by atoms with Crippen LogP contribution in [0.25, 0.3) is 11.1 Å². The summed E-state index contributed by atoms with van der Waals surface area (Å²) < 4.78 is 18.1. The molecule has 82 valence electrons. The fourth-order valence-electron chi connectivity index (χ4n) is 1.42. The fraction of sp³-hybridized carbons (Fsp3) is 0.0833. The lowest BCUT2D eigenvalue weighted by atomic mass is 10.1. The molecule has 1 heterocycles. The molecule has 0 atom stereocenters. The lowest BCUT2D eigenvalue weighted by Gasteiger charge is -2.04. The molecule has 3 nitrogen and oxygen atoms in total. The first-order valence-electron chi connectivity index (χ1n) is 4.69. The molecule has 2 aromatic rings. The summed E-state index contributed by atoms with van der Waals surface area (Å²) in [6.45, 7) is 0. The summed E-state index contributed by atoms with van der Waals surface area (Å²) in [4.78, 5) is 3.82. The van der Waals surface area contributed by atoms with Gasteiger partial charge in [-0.15, -0.1) is 0 Å². The largest absolute Gasteiger partial charge is 0.508 e. The van der Waals surface area contributed by atoms with Gasteiger partial charge in [-0.05, 0) is 23.8 Å². The van der Waals surface area contributed by atoms with Crippen molar-refractivity contribution in [3.05, 3.63) is 42.3 Å². The number of aromatic nitrogens is 1. The van der Waals surface area contributed by atoms with E-state index < -0.39 is 5.82 Å². The molecule has 0 radical (unpaired) electrons. The topological polar surface area (TPSA) is 42.4 Å². The molecular weight excluding hydrogens is 209 g/mol. The summed E-state index contributed by atoms with van der Waals surface area (Å²) in [5.74, 6) is -0.430. The van der Waals surface area contributed by atoms with Crippen molar-refractivity contribution in [3.8, 4) is 22.8 Å². The summed E-state index contributed by atoms with van der Waals surface area (Å²) >= 11 is 0. The Kier molecular flexibility index (Phi) is 2.72. The molecule has 0 saturated carbocycles. The first-order valence-corrected chi connectivity index (χ1v) is 4.69. The normalized spacial score (nSPS) is 10.1. The van der Waals surface area contributed by atoms with E-state index in [2.05, 4.69) is 4.98 Å². The summed E-state index contributed by atoms with van der Waals surface area (Å²) in [5.41, 5.74) is 1.29. The number of ether oxygens (including phenoxy) is 1. The van der Waals surface area contributed by atoms with Crippen molar-refractivity contribution in [3.63, 3.8) is 0 Å². The van der Waals surface area contributed by atoms with E-state index in [4.69, 9.17) is 4.74 Å². The molecule has 0 spiro atoms. The van der Waals surface area contributed by atoms with E-state index in [0.29, 0.717) is 11.1 Å². The van der Waals surface area contributed by atoms with Crippen LogP contribution in [0.2, 0.25) is 0 Å². The number of hydrogen-bond donors (Lipinski definition) is 1. The predicted octanol–water partition coefficient (Wildman–Crippen LogP) is 2.60. The number of methoxy groups -OCH3 is 1. The maximum Gasteiger partial charge on any atom is 0.250 e. The average Bonchev–Trinajstić information content (AvgIpc) is 2.29. The van der Waals surface area contributed by atoms with Crippen LogP contribution >= 0.6 is 0 Å². The third-order valence-electron chi connectivity index (χ3n) is 2.18. The Morgan fingerprint density at radius 2 is 2.06 bits per heavy atom. The number of halogens is 1. The highest BCUT2D eigenvalue weighted by Crippen LogP contribution is 2.25. The maximum atomic E-state index is 13.4. The number of phenolic OH excluding ortho intramolecular Hbond substituents is 1. The van der Waals surface area contributed by atoms with Crippen molar-refractivity contribution in [1.29, 1.82) is 0 Å². The minimum absolute atomic E-state index is 0.0381. The fourth-order valence-corrected chi connectivity index (χ4v) is 1.42. The van der Waals surface area contributed by atoms with Gasteiger partial charge in [0.2, 0.25) is 5.88 Å². The first-order chi connectivity index (χ1) is 7.70. The second-order valence-electron chi connectivity index (χ2n) is 3.27. The van der Waals surface area contributed by atoms with Crippen LogP contribution in [0.15, 0.2) is 36.5 Å². The van der Waals surface area contributed by atoms with Crippen LogP contribution in [0.5, 0.6) is 11.6 Å². The van der Waals surface area contributed by atoms with Crippen LogP contribution in [0, 0.1) is 5.82 Å². The Bertz CT molecular complexity index is 514. The zero-order valence-corrected chi connectivity index (χ0v) is 8.64. The highest BCUT2D eigenvalue weighted by molar-refractivity contribution is 5.64. The van der Waals surface area contributed by atoms with E-state index >= 15 is 0 Å². The molecule has 1 N–H and O–H groups in total. The summed E-state index contributed by atoms with van der Waals surface area (Å²) in [5, 5.41) is 9.31.